The van der Waals surface area contributed by atoms with E-state index in [-0.39, 0.29) is 5.75 Å². The molecule has 0 aliphatic rings. The predicted molar refractivity (Wildman–Crippen MR) is 76.9 cm³/mol. The number of carboxylic acids is 1. The summed E-state index contributed by atoms with van der Waals surface area (Å²) in [6.45, 7) is 0. The van der Waals surface area contributed by atoms with E-state index in [1.807, 2.05) is 11.4 Å². The smallest absolute Gasteiger partial charge is 0.328 e. The minimum absolute atomic E-state index is 0.189. The lowest BCUT2D eigenvalue weighted by Gasteiger charge is -1.97. The molecule has 1 rings (SSSR count). The van der Waals surface area contributed by atoms with Crippen LogP contribution in [0.25, 0.3) is 6.08 Å². The lowest BCUT2D eigenvalue weighted by Crippen LogP contribution is -2.04. The molecule has 1 N–H and O–H groups in total. The van der Waals surface area contributed by atoms with E-state index >= 15 is 0 Å². The second-order valence-electron chi connectivity index (χ2n) is 3.70. The van der Waals surface area contributed by atoms with E-state index in [9.17, 15) is 13.2 Å². The maximum Gasteiger partial charge on any atom is 0.328 e. The summed E-state index contributed by atoms with van der Waals surface area (Å²) in [5.41, 5.74) is 0.862. The third-order valence-electron chi connectivity index (χ3n) is 1.94. The van der Waals surface area contributed by atoms with Crippen molar-refractivity contribution in [3.05, 3.63) is 28.0 Å². The van der Waals surface area contributed by atoms with Crippen LogP contribution in [0, 0.1) is 0 Å². The molecule has 1 heterocycles. The maximum absolute atomic E-state index is 10.9. The minimum Gasteiger partial charge on any atom is -0.478 e. The van der Waals surface area contributed by atoms with Gasteiger partial charge in [0.05, 0.1) is 5.75 Å². The molecule has 0 fully saturated rings. The highest BCUT2D eigenvalue weighted by Gasteiger charge is 2.03. The fourth-order valence-corrected chi connectivity index (χ4v) is 4.38. The number of sulfone groups is 1. The molecule has 7 heteroatoms. The average molecular weight is 306 g/mol. The van der Waals surface area contributed by atoms with Gasteiger partial charge in [0.2, 0.25) is 0 Å². The van der Waals surface area contributed by atoms with Crippen LogP contribution in [0.5, 0.6) is 0 Å². The van der Waals surface area contributed by atoms with Crippen LogP contribution < -0.4 is 0 Å². The van der Waals surface area contributed by atoms with E-state index in [1.54, 1.807) is 29.2 Å². The van der Waals surface area contributed by atoms with E-state index in [0.717, 1.165) is 22.3 Å². The first-order valence-corrected chi connectivity index (χ1v) is 9.20. The van der Waals surface area contributed by atoms with Gasteiger partial charge in [-0.3, -0.25) is 0 Å². The van der Waals surface area contributed by atoms with Gasteiger partial charge in [0.15, 0.2) is 0 Å². The van der Waals surface area contributed by atoms with Crippen LogP contribution in [0.4, 0.5) is 0 Å². The minimum atomic E-state index is -2.89. The lowest BCUT2D eigenvalue weighted by atomic mass is 10.3. The summed E-state index contributed by atoms with van der Waals surface area (Å²) in [4.78, 5) is 11.4. The third-order valence-corrected chi connectivity index (χ3v) is 5.28. The molecule has 4 nitrogen and oxygen atoms in total. The van der Waals surface area contributed by atoms with Crippen LogP contribution in [-0.4, -0.2) is 37.3 Å². The number of thiophene rings is 1. The molecular weight excluding hydrogens is 292 g/mol. The second-order valence-corrected chi connectivity index (χ2v) is 8.06. The lowest BCUT2D eigenvalue weighted by molar-refractivity contribution is -0.131. The van der Waals surface area contributed by atoms with Crippen molar-refractivity contribution in [2.75, 3.05) is 17.8 Å². The highest BCUT2D eigenvalue weighted by atomic mass is 32.2. The van der Waals surface area contributed by atoms with Crippen molar-refractivity contribution in [2.24, 2.45) is 0 Å². The Morgan fingerprint density at radius 1 is 1.56 bits per heavy atom. The molecule has 1 aromatic rings. The molecular formula is C11H14O4S3. The summed E-state index contributed by atoms with van der Waals surface area (Å²) in [6, 6.07) is 1.91. The molecule has 0 radical (unpaired) electrons. The van der Waals surface area contributed by atoms with E-state index in [0.29, 0.717) is 5.75 Å². The Labute approximate surface area is 115 Å². The normalized spacial score (nSPS) is 12.1. The van der Waals surface area contributed by atoms with Gasteiger partial charge in [-0.25, -0.2) is 13.2 Å². The van der Waals surface area contributed by atoms with Crippen molar-refractivity contribution in [3.63, 3.8) is 0 Å². The summed E-state index contributed by atoms with van der Waals surface area (Å²) in [5, 5.41) is 10.4. The van der Waals surface area contributed by atoms with Crippen LogP contribution in [0.1, 0.15) is 10.4 Å². The molecule has 0 saturated carbocycles. The van der Waals surface area contributed by atoms with E-state index < -0.39 is 15.8 Å². The number of carboxylic acid groups (broad SMARTS) is 1. The van der Waals surface area contributed by atoms with E-state index in [1.165, 1.54) is 6.26 Å². The Morgan fingerprint density at radius 3 is 2.89 bits per heavy atom. The summed E-state index contributed by atoms with van der Waals surface area (Å²) in [6.07, 6.45) is 3.87. The highest BCUT2D eigenvalue weighted by Crippen LogP contribution is 2.21. The Bertz CT molecular complexity index is 528. The van der Waals surface area contributed by atoms with Crippen molar-refractivity contribution in [1.82, 2.24) is 0 Å². The molecule has 0 saturated heterocycles. The quantitative estimate of drug-likeness (QED) is 0.617. The number of hydrogen-bond donors (Lipinski definition) is 1. The maximum atomic E-state index is 10.9. The molecule has 0 atom stereocenters. The summed E-state index contributed by atoms with van der Waals surface area (Å²) in [5.74, 6) is 0.553. The van der Waals surface area contributed by atoms with Crippen molar-refractivity contribution < 1.29 is 18.3 Å². The first-order chi connectivity index (χ1) is 8.37. The van der Waals surface area contributed by atoms with Gasteiger partial charge in [0.25, 0.3) is 0 Å². The Kier molecular flexibility index (Phi) is 5.90. The molecule has 0 spiro atoms. The molecule has 0 amide bonds. The first-order valence-electron chi connectivity index (χ1n) is 5.11. The molecule has 18 heavy (non-hydrogen) atoms. The topological polar surface area (TPSA) is 71.4 Å². The number of rotatable bonds is 7. The largest absolute Gasteiger partial charge is 0.478 e. The molecule has 0 aliphatic carbocycles. The van der Waals surface area contributed by atoms with Gasteiger partial charge < -0.3 is 5.11 Å². The van der Waals surface area contributed by atoms with E-state index in [2.05, 4.69) is 0 Å². The van der Waals surface area contributed by atoms with Crippen LogP contribution in [0.3, 0.4) is 0 Å². The van der Waals surface area contributed by atoms with E-state index in [4.69, 9.17) is 5.11 Å². The molecule has 100 valence electrons. The van der Waals surface area contributed by atoms with Crippen LogP contribution in [0.2, 0.25) is 0 Å². The Hall–Kier alpha value is -0.790. The fraction of sp³-hybridized carbons (Fsp3) is 0.364. The van der Waals surface area contributed by atoms with Crippen molar-refractivity contribution in [2.45, 2.75) is 5.75 Å². The predicted octanol–water partition coefficient (Wildman–Crippen LogP) is 2.12. The Balaban J connectivity index is 2.38. The van der Waals surface area contributed by atoms with Gasteiger partial charge in [-0.1, -0.05) is 0 Å². The molecule has 1 aromatic heterocycles. The first kappa shape index (κ1) is 15.3. The number of carbonyl (C=O) groups is 1. The second kappa shape index (κ2) is 6.96. The Morgan fingerprint density at radius 2 is 2.28 bits per heavy atom. The van der Waals surface area contributed by atoms with Crippen molar-refractivity contribution in [3.8, 4) is 0 Å². The zero-order chi connectivity index (χ0) is 13.6. The van der Waals surface area contributed by atoms with Crippen LogP contribution in [0.15, 0.2) is 17.5 Å². The number of thioether (sulfide) groups is 1. The number of hydrogen-bond acceptors (Lipinski definition) is 5. The van der Waals surface area contributed by atoms with Gasteiger partial charge in [0.1, 0.15) is 9.84 Å². The van der Waals surface area contributed by atoms with Gasteiger partial charge in [-0.2, -0.15) is 11.8 Å². The van der Waals surface area contributed by atoms with Crippen LogP contribution >= 0.6 is 23.1 Å². The summed E-state index contributed by atoms with van der Waals surface area (Å²) in [7, 11) is -2.89. The number of aliphatic carboxylic acids is 1. The van der Waals surface area contributed by atoms with Gasteiger partial charge >= 0.3 is 5.97 Å². The average Bonchev–Trinajstić information content (AvgIpc) is 2.68. The molecule has 0 aromatic carbocycles. The van der Waals surface area contributed by atoms with Gasteiger partial charge in [-0.05, 0) is 23.1 Å². The SMILES string of the molecule is CS(=O)(=O)CCSCc1cc(C=CC(=O)O)cs1. The van der Waals surface area contributed by atoms with Crippen molar-refractivity contribution in [1.29, 1.82) is 0 Å². The van der Waals surface area contributed by atoms with Crippen LogP contribution in [-0.2, 0) is 20.4 Å². The summed E-state index contributed by atoms with van der Waals surface area (Å²) >= 11 is 3.11. The third kappa shape index (κ3) is 6.83. The highest BCUT2D eigenvalue weighted by molar-refractivity contribution is 8.00. The standard InChI is InChI=1S/C11H14O4S3/c1-18(14,15)5-4-16-8-10-6-9(7-17-10)2-3-11(12)13/h2-3,6-7H,4-5,8H2,1H3,(H,12,13). The zero-order valence-corrected chi connectivity index (χ0v) is 12.3. The molecule has 0 unspecified atom stereocenters. The van der Waals surface area contributed by atoms with Crippen molar-refractivity contribution >= 4 is 45.0 Å². The monoisotopic (exact) mass is 306 g/mol. The molecule has 0 aliphatic heterocycles. The van der Waals surface area contributed by atoms with Gasteiger partial charge in [0, 0.05) is 28.7 Å². The molecule has 0 bridgehead atoms. The fourth-order valence-electron chi connectivity index (χ4n) is 1.11. The van der Waals surface area contributed by atoms with Gasteiger partial charge in [-0.15, -0.1) is 11.3 Å². The summed E-state index contributed by atoms with van der Waals surface area (Å²) < 4.78 is 21.8. The zero-order valence-electron chi connectivity index (χ0n) is 9.83.